The lowest BCUT2D eigenvalue weighted by Gasteiger charge is -2.12. The number of furan rings is 1. The number of benzene rings is 3. The fourth-order valence-corrected chi connectivity index (χ4v) is 4.56. The number of sulfone groups is 1. The molecule has 0 saturated carbocycles. The van der Waals surface area contributed by atoms with Crippen LogP contribution in [0.15, 0.2) is 83.5 Å². The quantitative estimate of drug-likeness (QED) is 0.186. The number of nitrogens with zero attached hydrogens (tertiary/aromatic N) is 2. The average Bonchev–Trinajstić information content (AvgIpc) is 3.39. The number of aromatic nitrogens is 2. The van der Waals surface area contributed by atoms with Crippen LogP contribution in [0.2, 0.25) is 0 Å². The van der Waals surface area contributed by atoms with Crippen LogP contribution in [0, 0.1) is 5.82 Å². The monoisotopic (exact) mass is 562 g/mol. The minimum absolute atomic E-state index is 0.0590. The first kappa shape index (κ1) is 27.1. The lowest BCUT2D eigenvalue weighted by atomic mass is 10.1. The van der Waals surface area contributed by atoms with E-state index >= 15 is 0 Å². The fraction of sp³-hybridized carbons (Fsp3) is 0.172. The minimum Gasteiger partial charge on any atom is -0.504 e. The van der Waals surface area contributed by atoms with Crippen LogP contribution in [-0.4, -0.2) is 42.0 Å². The number of phenols is 1. The maximum atomic E-state index is 13.4. The zero-order valence-corrected chi connectivity index (χ0v) is 22.4. The molecule has 40 heavy (non-hydrogen) atoms. The molecule has 2 heterocycles. The highest BCUT2D eigenvalue weighted by molar-refractivity contribution is 7.90. The molecular weight excluding hydrogens is 535 g/mol. The lowest BCUT2D eigenvalue weighted by molar-refractivity contribution is 0.288. The van der Waals surface area contributed by atoms with E-state index in [0.29, 0.717) is 41.7 Å². The maximum absolute atomic E-state index is 13.4. The predicted molar refractivity (Wildman–Crippen MR) is 151 cm³/mol. The second kappa shape index (κ2) is 11.7. The van der Waals surface area contributed by atoms with E-state index in [1.54, 1.807) is 24.3 Å². The number of phenolic OH excluding ortho intramolecular Hbond substituents is 1. The molecule has 206 valence electrons. The Balaban J connectivity index is 1.29. The first-order chi connectivity index (χ1) is 19.2. The summed E-state index contributed by atoms with van der Waals surface area (Å²) in [5, 5.41) is 17.5. The van der Waals surface area contributed by atoms with Crippen LogP contribution in [0.5, 0.6) is 11.5 Å². The van der Waals surface area contributed by atoms with E-state index in [1.165, 1.54) is 30.8 Å². The number of aromatic hydroxyl groups is 1. The Hall–Kier alpha value is -4.48. The number of ether oxygens (including phenoxy) is 1. The van der Waals surface area contributed by atoms with E-state index in [0.717, 1.165) is 16.5 Å². The molecule has 0 saturated heterocycles. The Bertz CT molecular complexity index is 1760. The van der Waals surface area contributed by atoms with Crippen LogP contribution >= 0.6 is 0 Å². The van der Waals surface area contributed by atoms with Crippen molar-refractivity contribution >= 4 is 32.2 Å². The number of hydrogen-bond acceptors (Lipinski definition) is 9. The molecule has 0 spiro atoms. The van der Waals surface area contributed by atoms with Gasteiger partial charge in [-0.25, -0.2) is 22.8 Å². The van der Waals surface area contributed by atoms with E-state index in [-0.39, 0.29) is 29.7 Å². The van der Waals surface area contributed by atoms with Crippen LogP contribution in [0.3, 0.4) is 0 Å². The first-order valence-corrected chi connectivity index (χ1v) is 14.5. The number of hydrogen-bond donors (Lipinski definition) is 3. The molecule has 0 bridgehead atoms. The summed E-state index contributed by atoms with van der Waals surface area (Å²) in [6.07, 6.45) is 2.66. The molecule has 5 aromatic rings. The van der Waals surface area contributed by atoms with Crippen LogP contribution < -0.4 is 15.4 Å². The topological polar surface area (TPSA) is 127 Å². The van der Waals surface area contributed by atoms with Crippen LogP contribution in [0.1, 0.15) is 11.3 Å². The summed E-state index contributed by atoms with van der Waals surface area (Å²) in [6, 6.07) is 20.3. The summed E-state index contributed by atoms with van der Waals surface area (Å²) in [5.41, 5.74) is 2.77. The standard InChI is InChI=1S/C29H27FN4O5S/c1-40(36,37)12-11-31-16-23-7-10-27(39-23)20-5-8-25-24(14-20)29(33-18-32-25)34-22-6-9-28(26(35)15-22)38-17-19-3-2-4-21(30)13-19/h2-10,13-15,18,31,35H,11-12,16-17H2,1H3,(H,32,33,34). The lowest BCUT2D eigenvalue weighted by Crippen LogP contribution is -2.21. The minimum atomic E-state index is -3.03. The van der Waals surface area contributed by atoms with Gasteiger partial charge in [0.1, 0.15) is 45.9 Å². The first-order valence-electron chi connectivity index (χ1n) is 12.4. The Labute approximate surface area is 230 Å². The van der Waals surface area contributed by atoms with Crippen molar-refractivity contribution in [1.82, 2.24) is 15.3 Å². The normalized spacial score (nSPS) is 11.6. The maximum Gasteiger partial charge on any atom is 0.161 e. The molecule has 0 aliphatic rings. The van der Waals surface area contributed by atoms with Crippen LogP contribution in [0.25, 0.3) is 22.2 Å². The molecule has 3 aromatic carbocycles. The molecule has 11 heteroatoms. The second-order valence-electron chi connectivity index (χ2n) is 9.25. The number of rotatable bonds is 11. The second-order valence-corrected chi connectivity index (χ2v) is 11.5. The Morgan fingerprint density at radius 1 is 1.02 bits per heavy atom. The SMILES string of the molecule is CS(=O)(=O)CCNCc1ccc(-c2ccc3ncnc(Nc4ccc(OCc5cccc(F)c5)c(O)c4)c3c2)o1. The third-order valence-corrected chi connectivity index (χ3v) is 6.98. The number of nitrogens with one attached hydrogen (secondary N) is 2. The van der Waals surface area contributed by atoms with E-state index in [9.17, 15) is 17.9 Å². The van der Waals surface area contributed by atoms with Crippen LogP contribution in [0.4, 0.5) is 15.9 Å². The molecule has 0 amide bonds. The van der Waals surface area contributed by atoms with E-state index < -0.39 is 9.84 Å². The highest BCUT2D eigenvalue weighted by Crippen LogP contribution is 2.33. The zero-order valence-electron chi connectivity index (χ0n) is 21.6. The van der Waals surface area contributed by atoms with Crippen LogP contribution in [-0.2, 0) is 23.0 Å². The summed E-state index contributed by atoms with van der Waals surface area (Å²) in [7, 11) is -3.03. The average molecular weight is 563 g/mol. The van der Waals surface area contributed by atoms with Gasteiger partial charge in [-0.1, -0.05) is 12.1 Å². The zero-order chi connectivity index (χ0) is 28.1. The molecule has 5 rings (SSSR count). The molecule has 3 N–H and O–H groups in total. The van der Waals surface area contributed by atoms with Gasteiger partial charge in [0.2, 0.25) is 0 Å². The van der Waals surface area contributed by atoms with Gasteiger partial charge in [-0.05, 0) is 60.2 Å². The third-order valence-electron chi connectivity index (χ3n) is 6.04. The highest BCUT2D eigenvalue weighted by Gasteiger charge is 2.12. The van der Waals surface area contributed by atoms with Crippen molar-refractivity contribution in [2.45, 2.75) is 13.2 Å². The van der Waals surface area contributed by atoms with Crippen molar-refractivity contribution in [3.8, 4) is 22.8 Å². The summed E-state index contributed by atoms with van der Waals surface area (Å²) in [6.45, 7) is 0.861. The number of anilines is 2. The summed E-state index contributed by atoms with van der Waals surface area (Å²) in [4.78, 5) is 8.74. The summed E-state index contributed by atoms with van der Waals surface area (Å²) in [5.74, 6) is 1.77. The van der Waals surface area contributed by atoms with E-state index in [1.807, 2.05) is 30.3 Å². The van der Waals surface area contributed by atoms with Gasteiger partial charge in [0.25, 0.3) is 0 Å². The molecule has 0 aliphatic heterocycles. The van der Waals surface area contributed by atoms with Crippen molar-refractivity contribution in [1.29, 1.82) is 0 Å². The van der Waals surface area contributed by atoms with Gasteiger partial charge < -0.3 is 24.9 Å². The van der Waals surface area contributed by atoms with E-state index in [4.69, 9.17) is 9.15 Å². The Morgan fingerprint density at radius 2 is 1.90 bits per heavy atom. The van der Waals surface area contributed by atoms with Gasteiger partial charge in [0, 0.05) is 35.5 Å². The Morgan fingerprint density at radius 3 is 2.70 bits per heavy atom. The van der Waals surface area contributed by atoms with Gasteiger partial charge in [-0.3, -0.25) is 0 Å². The smallest absolute Gasteiger partial charge is 0.161 e. The number of halogens is 1. The fourth-order valence-electron chi connectivity index (χ4n) is 4.05. The molecule has 0 radical (unpaired) electrons. The molecule has 0 atom stereocenters. The van der Waals surface area contributed by atoms with Crippen molar-refractivity contribution in [2.24, 2.45) is 0 Å². The molecule has 0 aliphatic carbocycles. The van der Waals surface area contributed by atoms with Crippen molar-refractivity contribution in [3.63, 3.8) is 0 Å². The molecule has 2 aromatic heterocycles. The van der Waals surface area contributed by atoms with Gasteiger partial charge in [-0.15, -0.1) is 0 Å². The third kappa shape index (κ3) is 6.93. The Kier molecular flexibility index (Phi) is 7.94. The van der Waals surface area contributed by atoms with Crippen molar-refractivity contribution in [3.05, 3.63) is 96.3 Å². The summed E-state index contributed by atoms with van der Waals surface area (Å²) < 4.78 is 47.6. The highest BCUT2D eigenvalue weighted by atomic mass is 32.2. The van der Waals surface area contributed by atoms with E-state index in [2.05, 4.69) is 20.6 Å². The number of fused-ring (bicyclic) bond motifs is 1. The molecular formula is C29H27FN4O5S. The molecule has 9 nitrogen and oxygen atoms in total. The van der Waals surface area contributed by atoms with Gasteiger partial charge in [0.05, 0.1) is 17.8 Å². The molecule has 0 fully saturated rings. The largest absolute Gasteiger partial charge is 0.504 e. The van der Waals surface area contributed by atoms with Gasteiger partial charge >= 0.3 is 0 Å². The van der Waals surface area contributed by atoms with Gasteiger partial charge in [0.15, 0.2) is 11.5 Å². The van der Waals surface area contributed by atoms with Gasteiger partial charge in [-0.2, -0.15) is 0 Å². The summed E-state index contributed by atoms with van der Waals surface area (Å²) >= 11 is 0. The molecule has 0 unspecified atom stereocenters. The predicted octanol–water partition coefficient (Wildman–Crippen LogP) is 5.19. The van der Waals surface area contributed by atoms with Crippen molar-refractivity contribution < 1.29 is 27.1 Å². The van der Waals surface area contributed by atoms with Crippen molar-refractivity contribution in [2.75, 3.05) is 23.9 Å².